The summed E-state index contributed by atoms with van der Waals surface area (Å²) in [6.45, 7) is 1.67. The number of nitrogens with two attached hydrogens (primary N) is 1. The molecule has 0 aliphatic heterocycles. The second-order valence-electron chi connectivity index (χ2n) is 7.64. The Morgan fingerprint density at radius 2 is 2.00 bits per heavy atom. The summed E-state index contributed by atoms with van der Waals surface area (Å²) < 4.78 is 36.1. The van der Waals surface area contributed by atoms with Gasteiger partial charge in [-0.1, -0.05) is 24.6 Å². The van der Waals surface area contributed by atoms with Crippen molar-refractivity contribution >= 4 is 50.4 Å². The lowest BCUT2D eigenvalue weighted by Gasteiger charge is -2.13. The van der Waals surface area contributed by atoms with Crippen molar-refractivity contribution in [3.05, 3.63) is 86.4 Å². The summed E-state index contributed by atoms with van der Waals surface area (Å²) in [5.74, 6) is -3.48. The molecule has 1 amide bonds. The van der Waals surface area contributed by atoms with Crippen molar-refractivity contribution in [2.45, 2.75) is 19.9 Å². The van der Waals surface area contributed by atoms with E-state index in [2.05, 4.69) is 4.98 Å². The minimum Gasteiger partial charge on any atom is -0.402 e. The SMILES string of the molecule is CCc1ccc2c(c1)c1c3cccnc3oc(=O)c1n2Cc1c(F)c(F)cc(C(N)=O)c1Cl. The van der Waals surface area contributed by atoms with Crippen molar-refractivity contribution in [2.24, 2.45) is 5.73 Å². The number of fused-ring (bicyclic) bond motifs is 5. The topological polar surface area (TPSA) is 91.1 Å². The van der Waals surface area contributed by atoms with Crippen LogP contribution >= 0.6 is 11.6 Å². The van der Waals surface area contributed by atoms with Gasteiger partial charge >= 0.3 is 5.63 Å². The molecular weight excluding hydrogens is 452 g/mol. The second-order valence-corrected chi connectivity index (χ2v) is 8.02. The van der Waals surface area contributed by atoms with Gasteiger partial charge in [0.15, 0.2) is 11.6 Å². The second kappa shape index (κ2) is 7.67. The molecule has 5 rings (SSSR count). The zero-order valence-corrected chi connectivity index (χ0v) is 18.0. The molecule has 3 heterocycles. The number of carbonyl (C=O) groups is 1. The summed E-state index contributed by atoms with van der Waals surface area (Å²) in [5, 5.41) is 1.61. The van der Waals surface area contributed by atoms with Gasteiger partial charge in [0, 0.05) is 33.4 Å². The van der Waals surface area contributed by atoms with Crippen LogP contribution in [0.3, 0.4) is 0 Å². The Kier molecular flexibility index (Phi) is 4.90. The highest BCUT2D eigenvalue weighted by Gasteiger charge is 2.24. The number of hydrogen-bond acceptors (Lipinski definition) is 4. The molecule has 166 valence electrons. The van der Waals surface area contributed by atoms with E-state index in [0.717, 1.165) is 17.4 Å². The van der Waals surface area contributed by atoms with Crippen LogP contribution in [0.15, 0.2) is 51.8 Å². The molecule has 0 bridgehead atoms. The predicted octanol–water partition coefficient (Wildman–Crippen LogP) is 4.94. The molecule has 0 saturated carbocycles. The van der Waals surface area contributed by atoms with Gasteiger partial charge in [-0.3, -0.25) is 4.79 Å². The van der Waals surface area contributed by atoms with E-state index in [1.807, 2.05) is 19.1 Å². The molecule has 9 heteroatoms. The maximum Gasteiger partial charge on any atom is 0.362 e. The zero-order valence-electron chi connectivity index (χ0n) is 17.3. The van der Waals surface area contributed by atoms with Crippen LogP contribution in [0.1, 0.15) is 28.4 Å². The molecule has 0 aliphatic rings. The Hall–Kier alpha value is -3.78. The number of benzene rings is 2. The zero-order chi connectivity index (χ0) is 23.4. The molecule has 0 saturated heterocycles. The molecule has 5 aromatic rings. The van der Waals surface area contributed by atoms with Gasteiger partial charge in [-0.2, -0.15) is 0 Å². The average molecular weight is 468 g/mol. The van der Waals surface area contributed by atoms with E-state index >= 15 is 0 Å². The van der Waals surface area contributed by atoms with E-state index in [1.54, 1.807) is 18.2 Å². The van der Waals surface area contributed by atoms with E-state index in [9.17, 15) is 18.4 Å². The van der Waals surface area contributed by atoms with Crippen LogP contribution in [-0.2, 0) is 13.0 Å². The number of carbonyl (C=O) groups excluding carboxylic acids is 1. The molecule has 3 aromatic heterocycles. The monoisotopic (exact) mass is 467 g/mol. The number of amides is 1. The molecule has 33 heavy (non-hydrogen) atoms. The van der Waals surface area contributed by atoms with E-state index < -0.39 is 23.2 Å². The van der Waals surface area contributed by atoms with Crippen molar-refractivity contribution in [3.63, 3.8) is 0 Å². The van der Waals surface area contributed by atoms with Gasteiger partial charge in [-0.15, -0.1) is 0 Å². The summed E-state index contributed by atoms with van der Waals surface area (Å²) >= 11 is 6.25. The van der Waals surface area contributed by atoms with Gasteiger partial charge in [-0.05, 0) is 42.3 Å². The quantitative estimate of drug-likeness (QED) is 0.379. The fourth-order valence-electron chi connectivity index (χ4n) is 4.20. The largest absolute Gasteiger partial charge is 0.402 e. The molecule has 0 aliphatic carbocycles. The van der Waals surface area contributed by atoms with Gasteiger partial charge in [0.1, 0.15) is 5.52 Å². The van der Waals surface area contributed by atoms with Crippen LogP contribution in [0.25, 0.3) is 32.9 Å². The molecule has 0 radical (unpaired) electrons. The Morgan fingerprint density at radius 3 is 2.73 bits per heavy atom. The molecule has 0 fully saturated rings. The summed E-state index contributed by atoms with van der Waals surface area (Å²) in [6.07, 6.45) is 2.27. The van der Waals surface area contributed by atoms with Crippen molar-refractivity contribution < 1.29 is 18.0 Å². The lowest BCUT2D eigenvalue weighted by Crippen LogP contribution is -2.16. The third-order valence-corrected chi connectivity index (χ3v) is 6.22. The van der Waals surface area contributed by atoms with E-state index in [1.165, 1.54) is 10.8 Å². The minimum atomic E-state index is -1.26. The first-order valence-corrected chi connectivity index (χ1v) is 10.5. The third kappa shape index (κ3) is 3.17. The number of aryl methyl sites for hydroxylation is 1. The van der Waals surface area contributed by atoms with Gasteiger partial charge in [0.25, 0.3) is 0 Å². The van der Waals surface area contributed by atoms with E-state index in [-0.39, 0.29) is 33.9 Å². The number of primary amides is 1. The summed E-state index contributed by atoms with van der Waals surface area (Å²) in [6, 6.07) is 9.79. The van der Waals surface area contributed by atoms with E-state index in [0.29, 0.717) is 22.4 Å². The first-order chi connectivity index (χ1) is 15.8. The van der Waals surface area contributed by atoms with Crippen LogP contribution < -0.4 is 11.4 Å². The standard InChI is InChI=1S/C24H16ClF2N3O3/c1-2-11-5-6-17-13(8-11)18-12-4-3-7-29-23(12)33-24(32)21(18)30(17)10-15-19(25)14(22(28)31)9-16(26)20(15)27/h3-9H,2,10H2,1H3,(H2,28,31). The Morgan fingerprint density at radius 1 is 1.21 bits per heavy atom. The summed E-state index contributed by atoms with van der Waals surface area (Å²) in [5.41, 5.74) is 5.89. The van der Waals surface area contributed by atoms with E-state index in [4.69, 9.17) is 21.8 Å². The molecular formula is C24H16ClF2N3O3. The summed E-state index contributed by atoms with van der Waals surface area (Å²) in [7, 11) is 0. The smallest absolute Gasteiger partial charge is 0.362 e. The fourth-order valence-corrected chi connectivity index (χ4v) is 4.49. The summed E-state index contributed by atoms with van der Waals surface area (Å²) in [4.78, 5) is 28.9. The highest BCUT2D eigenvalue weighted by Crippen LogP contribution is 2.35. The van der Waals surface area contributed by atoms with Gasteiger partial charge in [-0.25, -0.2) is 18.6 Å². The number of hydrogen-bond donors (Lipinski definition) is 1. The predicted molar refractivity (Wildman–Crippen MR) is 122 cm³/mol. The Balaban J connectivity index is 1.91. The third-order valence-electron chi connectivity index (χ3n) is 5.79. The maximum atomic E-state index is 14.8. The number of rotatable bonds is 4. The van der Waals surface area contributed by atoms with Gasteiger partial charge in [0.2, 0.25) is 11.6 Å². The van der Waals surface area contributed by atoms with Crippen molar-refractivity contribution in [2.75, 3.05) is 0 Å². The van der Waals surface area contributed by atoms with Crippen molar-refractivity contribution in [1.82, 2.24) is 9.55 Å². The highest BCUT2D eigenvalue weighted by molar-refractivity contribution is 6.34. The molecule has 2 N–H and O–H groups in total. The number of pyridine rings is 1. The molecule has 6 nitrogen and oxygen atoms in total. The fraction of sp³-hybridized carbons (Fsp3) is 0.125. The maximum absolute atomic E-state index is 14.8. The van der Waals surface area contributed by atoms with Crippen LogP contribution in [0.4, 0.5) is 8.78 Å². The van der Waals surface area contributed by atoms with Crippen LogP contribution in [0, 0.1) is 11.6 Å². The number of aromatic nitrogens is 2. The number of halogens is 3. The minimum absolute atomic E-state index is 0.152. The molecule has 2 aromatic carbocycles. The van der Waals surface area contributed by atoms with Crippen molar-refractivity contribution in [1.29, 1.82) is 0 Å². The van der Waals surface area contributed by atoms with Crippen LogP contribution in [-0.4, -0.2) is 15.5 Å². The van der Waals surface area contributed by atoms with Crippen LogP contribution in [0.2, 0.25) is 5.02 Å². The lowest BCUT2D eigenvalue weighted by molar-refractivity contribution is 0.0999. The molecule has 0 spiro atoms. The lowest BCUT2D eigenvalue weighted by atomic mass is 10.1. The highest BCUT2D eigenvalue weighted by atomic mass is 35.5. The first kappa shape index (κ1) is 21.1. The van der Waals surface area contributed by atoms with Gasteiger partial charge < -0.3 is 14.7 Å². The molecule has 0 unspecified atom stereocenters. The van der Waals surface area contributed by atoms with Gasteiger partial charge in [0.05, 0.1) is 17.1 Å². The first-order valence-electron chi connectivity index (χ1n) is 10.1. The average Bonchev–Trinajstić information content (AvgIpc) is 3.13. The normalized spacial score (nSPS) is 11.6. The Bertz CT molecular complexity index is 1670. The Labute approximate surface area is 190 Å². The molecule has 0 atom stereocenters. The van der Waals surface area contributed by atoms with Crippen molar-refractivity contribution in [3.8, 4) is 0 Å². The number of nitrogens with zero attached hydrogens (tertiary/aromatic N) is 2. The van der Waals surface area contributed by atoms with Crippen LogP contribution in [0.5, 0.6) is 0 Å².